The van der Waals surface area contributed by atoms with Crippen LogP contribution in [0.4, 0.5) is 0 Å². The number of aromatic nitrogens is 2. The molecule has 0 spiro atoms. The van der Waals surface area contributed by atoms with Crippen LogP contribution in [-0.2, 0) is 30.8 Å². The Morgan fingerprint density at radius 3 is 2.33 bits per heavy atom. The lowest BCUT2D eigenvalue weighted by Gasteiger charge is -2.30. The highest BCUT2D eigenvalue weighted by molar-refractivity contribution is 5.66. The van der Waals surface area contributed by atoms with Gasteiger partial charge in [0.1, 0.15) is 5.82 Å². The third-order valence-corrected chi connectivity index (χ3v) is 6.08. The van der Waals surface area contributed by atoms with E-state index in [0.717, 1.165) is 44.1 Å². The molecule has 1 heterocycles. The van der Waals surface area contributed by atoms with E-state index in [1.54, 1.807) is 7.11 Å². The van der Waals surface area contributed by atoms with Crippen molar-refractivity contribution in [1.29, 1.82) is 0 Å². The average Bonchev–Trinajstić information content (AvgIpc) is 3.06. The number of ether oxygens (including phenoxy) is 1. The van der Waals surface area contributed by atoms with Gasteiger partial charge in [-0.1, -0.05) is 76.2 Å². The fourth-order valence-electron chi connectivity index (χ4n) is 4.66. The Kier molecular flexibility index (Phi) is 8.50. The number of aryl methyl sites for hydroxylation is 3. The first-order valence-corrected chi connectivity index (χ1v) is 12.1. The smallest absolute Gasteiger partial charge is 0.141 e. The molecule has 0 fully saturated rings. The van der Waals surface area contributed by atoms with E-state index in [9.17, 15) is 0 Å². The molecule has 33 heavy (non-hydrogen) atoms. The molecule has 3 rings (SSSR count). The van der Waals surface area contributed by atoms with Crippen LogP contribution in [0, 0.1) is 19.3 Å². The molecule has 4 heteroatoms. The molecule has 178 valence electrons. The molecular weight excluding hydrogens is 406 g/mol. The van der Waals surface area contributed by atoms with Crippen molar-refractivity contribution in [1.82, 2.24) is 14.5 Å². The van der Waals surface area contributed by atoms with Gasteiger partial charge in [0.05, 0.1) is 18.0 Å². The van der Waals surface area contributed by atoms with Gasteiger partial charge in [-0.15, -0.1) is 0 Å². The number of methoxy groups -OCH3 is 1. The summed E-state index contributed by atoms with van der Waals surface area (Å²) >= 11 is 0. The fraction of sp³-hybridized carbons (Fsp3) is 0.483. The van der Waals surface area contributed by atoms with Crippen molar-refractivity contribution in [2.45, 2.75) is 67.6 Å². The molecule has 0 unspecified atom stereocenters. The van der Waals surface area contributed by atoms with Gasteiger partial charge in [-0.3, -0.25) is 4.90 Å². The summed E-state index contributed by atoms with van der Waals surface area (Å²) in [5.41, 5.74) is 7.84. The summed E-state index contributed by atoms with van der Waals surface area (Å²) in [6, 6.07) is 17.4. The second kappa shape index (κ2) is 11.1. The lowest BCUT2D eigenvalue weighted by molar-refractivity contribution is 0.166. The molecule has 4 nitrogen and oxygen atoms in total. The number of rotatable bonds is 10. The Labute approximate surface area is 200 Å². The monoisotopic (exact) mass is 447 g/mol. The van der Waals surface area contributed by atoms with Gasteiger partial charge >= 0.3 is 0 Å². The number of hydrogen-bond acceptors (Lipinski definition) is 3. The van der Waals surface area contributed by atoms with Crippen molar-refractivity contribution < 1.29 is 4.74 Å². The van der Waals surface area contributed by atoms with Gasteiger partial charge in [-0.2, -0.15) is 0 Å². The second-order valence-corrected chi connectivity index (χ2v) is 10.3. The number of hydrogen-bond donors (Lipinski definition) is 0. The molecule has 3 aromatic rings. The zero-order valence-electron chi connectivity index (χ0n) is 21.6. The fourth-order valence-corrected chi connectivity index (χ4v) is 4.66. The molecule has 0 radical (unpaired) electrons. The van der Waals surface area contributed by atoms with Crippen LogP contribution in [-0.4, -0.2) is 34.7 Å². The van der Waals surface area contributed by atoms with E-state index < -0.39 is 0 Å². The topological polar surface area (TPSA) is 30.3 Å². The number of benzene rings is 2. The van der Waals surface area contributed by atoms with Gasteiger partial charge in [0.25, 0.3) is 0 Å². The zero-order valence-corrected chi connectivity index (χ0v) is 21.6. The molecule has 0 aliphatic carbocycles. The minimum absolute atomic E-state index is 0.203. The molecule has 0 aliphatic rings. The van der Waals surface area contributed by atoms with Gasteiger partial charge < -0.3 is 9.30 Å². The largest absolute Gasteiger partial charge is 0.383 e. The maximum absolute atomic E-state index is 5.51. The molecular formula is C29H41N3O. The molecule has 0 N–H and O–H groups in total. The van der Waals surface area contributed by atoms with E-state index in [0.29, 0.717) is 6.61 Å². The predicted octanol–water partition coefficient (Wildman–Crippen LogP) is 6.42. The minimum Gasteiger partial charge on any atom is -0.383 e. The van der Waals surface area contributed by atoms with E-state index in [4.69, 9.17) is 9.72 Å². The average molecular weight is 448 g/mol. The highest BCUT2D eigenvalue weighted by Crippen LogP contribution is 2.31. The minimum atomic E-state index is 0.203. The van der Waals surface area contributed by atoms with Crippen molar-refractivity contribution >= 4 is 0 Å². The summed E-state index contributed by atoms with van der Waals surface area (Å²) in [6.07, 6.45) is 0.993. The predicted molar refractivity (Wildman–Crippen MR) is 138 cm³/mol. The van der Waals surface area contributed by atoms with E-state index in [2.05, 4.69) is 99.5 Å². The summed E-state index contributed by atoms with van der Waals surface area (Å²) in [4.78, 5) is 7.70. The van der Waals surface area contributed by atoms with E-state index in [1.165, 1.54) is 27.9 Å². The van der Waals surface area contributed by atoms with Gasteiger partial charge in [-0.25, -0.2) is 4.98 Å². The van der Waals surface area contributed by atoms with Crippen LogP contribution < -0.4 is 0 Å². The van der Waals surface area contributed by atoms with Crippen molar-refractivity contribution in [2.24, 2.45) is 5.41 Å². The quantitative estimate of drug-likeness (QED) is 0.359. The SMILES string of the molecule is CCc1cccc(C)c1-c1nc(C)c(CN(Cc2ccccc2)CC(C)(C)C)n1CCOC. The zero-order chi connectivity index (χ0) is 24.0. The number of nitrogens with zero attached hydrogens (tertiary/aromatic N) is 3. The lowest BCUT2D eigenvalue weighted by atomic mass is 9.95. The third-order valence-electron chi connectivity index (χ3n) is 6.08. The third kappa shape index (κ3) is 6.55. The van der Waals surface area contributed by atoms with Gasteiger partial charge in [0.15, 0.2) is 0 Å². The van der Waals surface area contributed by atoms with Gasteiger partial charge in [0.2, 0.25) is 0 Å². The van der Waals surface area contributed by atoms with Crippen LogP contribution in [0.15, 0.2) is 48.5 Å². The Bertz CT molecular complexity index is 1030. The maximum atomic E-state index is 5.51. The Morgan fingerprint density at radius 2 is 1.70 bits per heavy atom. The maximum Gasteiger partial charge on any atom is 0.141 e. The molecule has 0 atom stereocenters. The molecule has 0 aliphatic heterocycles. The highest BCUT2D eigenvalue weighted by Gasteiger charge is 2.23. The lowest BCUT2D eigenvalue weighted by Crippen LogP contribution is -2.33. The van der Waals surface area contributed by atoms with Crippen molar-refractivity contribution in [3.05, 3.63) is 76.6 Å². The molecule has 0 saturated heterocycles. The molecule has 2 aromatic carbocycles. The van der Waals surface area contributed by atoms with Gasteiger partial charge in [-0.05, 0) is 42.4 Å². The van der Waals surface area contributed by atoms with Gasteiger partial charge in [0, 0.05) is 38.9 Å². The van der Waals surface area contributed by atoms with Crippen molar-refractivity contribution in [2.75, 3.05) is 20.3 Å². The first-order chi connectivity index (χ1) is 15.7. The molecule has 0 saturated carbocycles. The van der Waals surface area contributed by atoms with E-state index in [1.807, 2.05) is 0 Å². The molecule has 1 aromatic heterocycles. The van der Waals surface area contributed by atoms with Crippen molar-refractivity contribution in [3.63, 3.8) is 0 Å². The summed E-state index contributed by atoms with van der Waals surface area (Å²) in [7, 11) is 1.77. The highest BCUT2D eigenvalue weighted by atomic mass is 16.5. The molecule has 0 bridgehead atoms. The Morgan fingerprint density at radius 1 is 0.970 bits per heavy atom. The van der Waals surface area contributed by atoms with Crippen LogP contribution in [0.1, 0.15) is 55.8 Å². The van der Waals surface area contributed by atoms with Crippen LogP contribution in [0.25, 0.3) is 11.4 Å². The van der Waals surface area contributed by atoms with Crippen LogP contribution in [0.2, 0.25) is 0 Å². The van der Waals surface area contributed by atoms with Crippen LogP contribution >= 0.6 is 0 Å². The van der Waals surface area contributed by atoms with Crippen LogP contribution in [0.3, 0.4) is 0 Å². The first-order valence-electron chi connectivity index (χ1n) is 12.1. The Balaban J connectivity index is 2.05. The first kappa shape index (κ1) is 25.2. The summed E-state index contributed by atoms with van der Waals surface area (Å²) in [5, 5.41) is 0. The second-order valence-electron chi connectivity index (χ2n) is 10.3. The number of imidazole rings is 1. The normalized spacial score (nSPS) is 12.0. The summed E-state index contributed by atoms with van der Waals surface area (Å²) in [5.74, 6) is 1.07. The van der Waals surface area contributed by atoms with Crippen LogP contribution in [0.5, 0.6) is 0 Å². The van der Waals surface area contributed by atoms with E-state index >= 15 is 0 Å². The molecule has 0 amide bonds. The van der Waals surface area contributed by atoms with Crippen molar-refractivity contribution in [3.8, 4) is 11.4 Å². The van der Waals surface area contributed by atoms with E-state index in [-0.39, 0.29) is 5.41 Å². The summed E-state index contributed by atoms with van der Waals surface area (Å²) < 4.78 is 7.91. The Hall–Kier alpha value is -2.43. The summed E-state index contributed by atoms with van der Waals surface area (Å²) in [6.45, 7) is 17.8. The standard InChI is InChI=1S/C29H41N3O/c1-8-25-16-12-13-22(2)27(25)28-30-23(3)26(32(28)17-18-33-7)20-31(21-29(4,5)6)19-24-14-10-9-11-15-24/h9-16H,8,17-21H2,1-7H3.